The van der Waals surface area contributed by atoms with E-state index in [0.29, 0.717) is 11.4 Å². The molecule has 0 N–H and O–H groups in total. The highest BCUT2D eigenvalue weighted by Gasteiger charge is 2.52. The molecule has 13 rings (SSSR count). The Bertz CT molecular complexity index is 3790. The summed E-state index contributed by atoms with van der Waals surface area (Å²) in [5.74, 6) is 0. The van der Waals surface area contributed by atoms with Gasteiger partial charge in [0, 0.05) is 39.3 Å². The molecule has 2 nitrogen and oxygen atoms in total. The van der Waals surface area contributed by atoms with E-state index in [-0.39, 0.29) is 35.3 Å². The molecule has 1 spiro atoms. The second-order valence-corrected chi connectivity index (χ2v) is 18.0. The molecule has 2 heteroatoms. The van der Waals surface area contributed by atoms with Crippen molar-refractivity contribution in [1.29, 1.82) is 0 Å². The molecule has 1 atom stereocenters. The molecule has 3 aliphatic rings. The number of fused-ring (bicyclic) bond motifs is 13. The Morgan fingerprint density at radius 1 is 0.333 bits per heavy atom. The Balaban J connectivity index is 1.11. The third kappa shape index (κ3) is 5.42. The molecule has 0 saturated heterocycles. The highest BCUT2D eigenvalue weighted by Crippen LogP contribution is 2.64. The van der Waals surface area contributed by atoms with Gasteiger partial charge in [0.2, 0.25) is 0 Å². The molecule has 0 bridgehead atoms. The first-order valence-corrected chi connectivity index (χ1v) is 22.7. The highest BCUT2D eigenvalue weighted by molar-refractivity contribution is 6.01. The Morgan fingerprint density at radius 3 is 1.47 bits per heavy atom. The van der Waals surface area contributed by atoms with Crippen molar-refractivity contribution in [3.05, 3.63) is 276 Å². The van der Waals surface area contributed by atoms with Gasteiger partial charge in [-0.1, -0.05) is 196 Å². The Labute approximate surface area is 394 Å². The van der Waals surface area contributed by atoms with Crippen LogP contribution in [0.3, 0.4) is 0 Å². The number of hydrogen-bond donors (Lipinski definition) is 0. The van der Waals surface area contributed by atoms with Crippen LogP contribution >= 0.6 is 0 Å². The van der Waals surface area contributed by atoms with E-state index < -0.39 is 11.5 Å². The molecule has 0 aliphatic heterocycles. The van der Waals surface area contributed by atoms with Crippen molar-refractivity contribution >= 4 is 34.1 Å². The van der Waals surface area contributed by atoms with Crippen LogP contribution in [0.5, 0.6) is 0 Å². The van der Waals surface area contributed by atoms with E-state index in [9.17, 15) is 2.74 Å². The normalized spacial score (nSPS) is 16.4. The van der Waals surface area contributed by atoms with Crippen LogP contribution in [0.4, 0.5) is 34.1 Å². The van der Waals surface area contributed by atoms with Gasteiger partial charge >= 0.3 is 0 Å². The van der Waals surface area contributed by atoms with E-state index in [1.807, 2.05) is 41.3 Å². The number of benzene rings is 10. The van der Waals surface area contributed by atoms with Gasteiger partial charge in [0.25, 0.3) is 0 Å². The molecule has 0 aromatic heterocycles. The first-order chi connectivity index (χ1) is 34.6. The first kappa shape index (κ1) is 33.3. The van der Waals surface area contributed by atoms with Crippen LogP contribution < -0.4 is 9.80 Å². The maximum Gasteiger partial charge on any atom is 0.0727 e. The fraction of sp³-hybridized carbons (Fsp3) is 0.0625. The lowest BCUT2D eigenvalue weighted by atomic mass is 9.70. The second-order valence-electron chi connectivity index (χ2n) is 18.0. The average Bonchev–Trinajstić information content (AvgIpc) is 3.98. The molecule has 1 unspecified atom stereocenters. The van der Waals surface area contributed by atoms with E-state index >= 15 is 0 Å². The molecule has 3 aliphatic carbocycles. The fourth-order valence-corrected chi connectivity index (χ4v) is 11.6. The van der Waals surface area contributed by atoms with E-state index in [1.54, 1.807) is 0 Å². The number of nitrogens with zero attached hydrogens (tertiary/aromatic N) is 2. The lowest BCUT2D eigenvalue weighted by Crippen LogP contribution is -2.26. The predicted molar refractivity (Wildman–Crippen MR) is 275 cm³/mol. The molecule has 10 aromatic rings. The molecular formula is C64H46N2. The van der Waals surface area contributed by atoms with E-state index in [2.05, 4.69) is 195 Å². The molecule has 0 amide bonds. The van der Waals surface area contributed by atoms with Crippen molar-refractivity contribution in [3.63, 3.8) is 0 Å². The quantitative estimate of drug-likeness (QED) is 0.158. The summed E-state index contributed by atoms with van der Waals surface area (Å²) >= 11 is 0. The number of para-hydroxylation sites is 3. The lowest BCUT2D eigenvalue weighted by Gasteiger charge is -2.34. The summed E-state index contributed by atoms with van der Waals surface area (Å²) < 4.78 is 44.5. The maximum atomic E-state index is 9.24. The molecule has 0 fully saturated rings. The van der Waals surface area contributed by atoms with Crippen LogP contribution in [-0.4, -0.2) is 0 Å². The third-order valence-electron chi connectivity index (χ3n) is 14.4. The number of hydrogen-bond acceptors (Lipinski definition) is 2. The van der Waals surface area contributed by atoms with Crippen molar-refractivity contribution < 1.29 is 6.85 Å². The first-order valence-electron chi connectivity index (χ1n) is 25.2. The summed E-state index contributed by atoms with van der Waals surface area (Å²) in [5, 5.41) is 0. The van der Waals surface area contributed by atoms with E-state index in [4.69, 9.17) is 4.11 Å². The van der Waals surface area contributed by atoms with Gasteiger partial charge in [0.15, 0.2) is 0 Å². The lowest BCUT2D eigenvalue weighted by molar-refractivity contribution is 0.660. The van der Waals surface area contributed by atoms with E-state index in [0.717, 1.165) is 72.7 Å². The molecule has 0 saturated carbocycles. The monoisotopic (exact) mass is 847 g/mol. The highest BCUT2D eigenvalue weighted by atomic mass is 15.2. The van der Waals surface area contributed by atoms with Crippen LogP contribution in [0.25, 0.3) is 44.5 Å². The Hall–Kier alpha value is -8.20. The van der Waals surface area contributed by atoms with Gasteiger partial charge in [-0.3, -0.25) is 0 Å². The van der Waals surface area contributed by atoms with Crippen molar-refractivity contribution in [2.45, 2.75) is 24.7 Å². The third-order valence-corrected chi connectivity index (χ3v) is 14.4. The summed E-state index contributed by atoms with van der Waals surface area (Å²) in [7, 11) is 0. The second kappa shape index (κ2) is 14.7. The zero-order valence-corrected chi connectivity index (χ0v) is 36.6. The predicted octanol–water partition coefficient (Wildman–Crippen LogP) is 16.9. The van der Waals surface area contributed by atoms with Crippen LogP contribution in [0.2, 0.25) is 0 Å². The fourth-order valence-electron chi connectivity index (χ4n) is 11.6. The maximum absolute atomic E-state index is 9.24. The van der Waals surface area contributed by atoms with Crippen LogP contribution in [0.1, 0.15) is 54.1 Å². The van der Waals surface area contributed by atoms with Crippen LogP contribution in [-0.2, 0) is 10.8 Å². The minimum absolute atomic E-state index is 0.0917. The largest absolute Gasteiger partial charge is 0.310 e. The molecule has 66 heavy (non-hydrogen) atoms. The van der Waals surface area contributed by atoms with Gasteiger partial charge in [-0.2, -0.15) is 0 Å². The summed E-state index contributed by atoms with van der Waals surface area (Å²) in [4.78, 5) is 4.30. The average molecular weight is 848 g/mol. The SMILES string of the molecule is [2H]c1c([2H])c([2H])c(N(c2ccccc2)c2ccc3c(c2)C2(c4ccccc4-c4ccc(N(c5ccccc5-c5ccccc5)c5cccc6c5-c5ccccc5C6(C)C)cc42)c2ccccc2-3)c([2H])c1[2H]. The number of anilines is 6. The summed E-state index contributed by atoms with van der Waals surface area (Å²) in [6.45, 7) is 4.67. The van der Waals surface area contributed by atoms with E-state index in [1.165, 1.54) is 22.3 Å². The summed E-state index contributed by atoms with van der Waals surface area (Å²) in [6.07, 6.45) is 0. The van der Waals surface area contributed by atoms with Gasteiger partial charge in [0.05, 0.1) is 23.6 Å². The Kier molecular flexibility index (Phi) is 7.41. The molecule has 312 valence electrons. The molecular weight excluding hydrogens is 797 g/mol. The van der Waals surface area contributed by atoms with Gasteiger partial charge in [-0.15, -0.1) is 0 Å². The van der Waals surface area contributed by atoms with Gasteiger partial charge in [0.1, 0.15) is 0 Å². The van der Waals surface area contributed by atoms with Crippen molar-refractivity contribution in [1.82, 2.24) is 0 Å². The molecule has 0 radical (unpaired) electrons. The molecule has 10 aromatic carbocycles. The number of rotatable bonds is 7. The van der Waals surface area contributed by atoms with Gasteiger partial charge in [-0.25, -0.2) is 0 Å². The van der Waals surface area contributed by atoms with Gasteiger partial charge < -0.3 is 9.80 Å². The zero-order chi connectivity index (χ0) is 48.3. The molecule has 0 heterocycles. The summed E-state index contributed by atoms with van der Waals surface area (Å²) in [5.41, 5.74) is 19.9. The summed E-state index contributed by atoms with van der Waals surface area (Å²) in [6, 6.07) is 73.8. The van der Waals surface area contributed by atoms with Crippen LogP contribution in [0.15, 0.2) is 243 Å². The smallest absolute Gasteiger partial charge is 0.0727 e. The minimum Gasteiger partial charge on any atom is -0.310 e. The van der Waals surface area contributed by atoms with Gasteiger partial charge in [-0.05, 0) is 127 Å². The van der Waals surface area contributed by atoms with Crippen molar-refractivity contribution in [2.24, 2.45) is 0 Å². The van der Waals surface area contributed by atoms with Crippen molar-refractivity contribution in [2.75, 3.05) is 9.80 Å². The standard InChI is InChI=1S/C64H46N2/c1-63(2)54-31-16-14-30-53(54)62-57(63)34-20-36-61(62)66(60-35-19-15-27-48(60)43-21-6-3-7-22-43)47-38-40-52-50-29-13-18-33-56(50)64(59(52)42-47)55-32-17-12-28-49(55)51-39-37-46(41-58(51)64)65(44-23-8-4-9-24-44)45-25-10-5-11-26-45/h3-42H,1-2H3/i4D,8D,9D,23D,24D. The minimum atomic E-state index is -0.802. The van der Waals surface area contributed by atoms with Crippen molar-refractivity contribution in [3.8, 4) is 44.5 Å². The Morgan fingerprint density at radius 2 is 0.818 bits per heavy atom. The topological polar surface area (TPSA) is 6.48 Å². The zero-order valence-electron chi connectivity index (χ0n) is 41.6. The van der Waals surface area contributed by atoms with Crippen LogP contribution in [0, 0.1) is 0 Å².